The lowest BCUT2D eigenvalue weighted by Crippen LogP contribution is -2.09. The second kappa shape index (κ2) is 7.37. The van der Waals surface area contributed by atoms with Gasteiger partial charge < -0.3 is 4.74 Å². The fourth-order valence-corrected chi connectivity index (χ4v) is 3.57. The number of pyridine rings is 1. The van der Waals surface area contributed by atoms with Crippen molar-refractivity contribution < 1.29 is 8.95 Å². The molecule has 9 heteroatoms. The first-order valence-corrected chi connectivity index (χ1v) is 9.73. The molecule has 4 aromatic rings. The van der Waals surface area contributed by atoms with Gasteiger partial charge in [0.1, 0.15) is 12.3 Å². The van der Waals surface area contributed by atoms with Gasteiger partial charge in [0.25, 0.3) is 0 Å². The molecule has 0 fully saturated rings. The van der Waals surface area contributed by atoms with E-state index in [1.165, 1.54) is 6.33 Å². The van der Waals surface area contributed by atoms with Crippen molar-refractivity contribution in [3.8, 4) is 17.1 Å². The molecule has 0 saturated heterocycles. The zero-order valence-electron chi connectivity index (χ0n) is 14.9. The number of aromatic amines is 1. The quantitative estimate of drug-likeness (QED) is 0.550. The highest BCUT2D eigenvalue weighted by Crippen LogP contribution is 2.22. The molecule has 27 heavy (non-hydrogen) atoms. The van der Waals surface area contributed by atoms with Crippen molar-refractivity contribution in [3.63, 3.8) is 0 Å². The van der Waals surface area contributed by atoms with Crippen LogP contribution < -0.4 is 0 Å². The minimum absolute atomic E-state index is 0.0324. The lowest BCUT2D eigenvalue weighted by atomic mass is 10.2. The van der Waals surface area contributed by atoms with Crippen LogP contribution in [0.4, 0.5) is 0 Å². The maximum absolute atomic E-state index is 12.3. The summed E-state index contributed by atoms with van der Waals surface area (Å²) in [6.45, 7) is 3.82. The molecule has 0 saturated carbocycles. The highest BCUT2D eigenvalue weighted by atomic mass is 32.2. The Balaban J connectivity index is 1.66. The van der Waals surface area contributed by atoms with Crippen molar-refractivity contribution in [2.24, 2.45) is 0 Å². The Labute approximate surface area is 158 Å². The van der Waals surface area contributed by atoms with Crippen LogP contribution in [0.25, 0.3) is 28.1 Å². The van der Waals surface area contributed by atoms with E-state index in [-0.39, 0.29) is 12.0 Å². The molecular formula is C18H18N6O2S. The van der Waals surface area contributed by atoms with E-state index >= 15 is 0 Å². The van der Waals surface area contributed by atoms with E-state index in [0.717, 1.165) is 16.6 Å². The first-order chi connectivity index (χ1) is 13.1. The van der Waals surface area contributed by atoms with E-state index < -0.39 is 10.8 Å². The number of benzene rings is 1. The third-order valence-corrected chi connectivity index (χ3v) is 5.03. The summed E-state index contributed by atoms with van der Waals surface area (Å²) in [7, 11) is -1.26. The highest BCUT2D eigenvalue weighted by molar-refractivity contribution is 7.84. The molecule has 1 atom stereocenters. The Bertz CT molecular complexity index is 1090. The first-order valence-electron chi connectivity index (χ1n) is 8.42. The lowest BCUT2D eigenvalue weighted by Gasteiger charge is -2.08. The minimum atomic E-state index is -1.26. The maximum Gasteiger partial charge on any atom is 0.162 e. The Morgan fingerprint density at radius 1 is 1.22 bits per heavy atom. The molecule has 1 N–H and O–H groups in total. The van der Waals surface area contributed by atoms with Crippen molar-refractivity contribution in [3.05, 3.63) is 49.1 Å². The average Bonchev–Trinajstić information content (AvgIpc) is 3.35. The summed E-state index contributed by atoms with van der Waals surface area (Å²) >= 11 is 0. The Kier molecular flexibility index (Phi) is 4.78. The number of hydrogen-bond donors (Lipinski definition) is 1. The number of aromatic nitrogens is 6. The van der Waals surface area contributed by atoms with E-state index in [9.17, 15) is 4.21 Å². The summed E-state index contributed by atoms with van der Waals surface area (Å²) in [6.07, 6.45) is 4.83. The van der Waals surface area contributed by atoms with Crippen LogP contribution in [0.3, 0.4) is 0 Å². The summed E-state index contributed by atoms with van der Waals surface area (Å²) < 4.78 is 19.5. The largest absolute Gasteiger partial charge is 0.365 e. The summed E-state index contributed by atoms with van der Waals surface area (Å²) in [5.41, 5.74) is 2.44. The van der Waals surface area contributed by atoms with E-state index in [0.29, 0.717) is 16.4 Å². The topological polar surface area (TPSA) is 98.6 Å². The number of nitrogens with zero attached hydrogens (tertiary/aromatic N) is 5. The molecule has 3 heterocycles. The van der Waals surface area contributed by atoms with Gasteiger partial charge in [0.2, 0.25) is 0 Å². The van der Waals surface area contributed by atoms with Gasteiger partial charge in [0.05, 0.1) is 33.7 Å². The zero-order chi connectivity index (χ0) is 18.8. The number of ether oxygens (including phenoxy) is 1. The van der Waals surface area contributed by atoms with Gasteiger partial charge in [-0.1, -0.05) is 12.1 Å². The Morgan fingerprint density at radius 3 is 2.89 bits per heavy atom. The molecule has 0 spiro atoms. The summed E-state index contributed by atoms with van der Waals surface area (Å²) in [4.78, 5) is 9.27. The van der Waals surface area contributed by atoms with Crippen LogP contribution in [-0.2, 0) is 15.5 Å². The standard InChI is InChI=1S/C18H18N6O2S/c1-12(2)26-11-27(25)16-7-14-8-22-24(18(14)19-9-16)15-5-3-4-13(6-15)17-20-10-21-23-17/h3-10,12H,11H2,1-2H3,(H,20,21,23)/t27-/m0/s1. The fraction of sp³-hybridized carbons (Fsp3) is 0.222. The van der Waals surface area contributed by atoms with Crippen molar-refractivity contribution >= 4 is 21.8 Å². The molecule has 0 aliphatic heterocycles. The van der Waals surface area contributed by atoms with E-state index in [4.69, 9.17) is 4.74 Å². The predicted molar refractivity (Wildman–Crippen MR) is 102 cm³/mol. The van der Waals surface area contributed by atoms with Gasteiger partial charge in [-0.25, -0.2) is 14.6 Å². The van der Waals surface area contributed by atoms with Crippen molar-refractivity contribution in [2.45, 2.75) is 24.8 Å². The number of nitrogens with one attached hydrogen (secondary N) is 1. The second-order valence-electron chi connectivity index (χ2n) is 6.20. The minimum Gasteiger partial charge on any atom is -0.365 e. The van der Waals surface area contributed by atoms with Crippen molar-refractivity contribution in [1.82, 2.24) is 29.9 Å². The van der Waals surface area contributed by atoms with Crippen LogP contribution >= 0.6 is 0 Å². The van der Waals surface area contributed by atoms with E-state index in [1.54, 1.807) is 17.1 Å². The first kappa shape index (κ1) is 17.5. The second-order valence-corrected chi connectivity index (χ2v) is 7.60. The highest BCUT2D eigenvalue weighted by Gasteiger charge is 2.12. The SMILES string of the molecule is CC(C)OC[S@](=O)c1cnc2c(cnn2-c2cccc(-c3ncn[nH]3)c2)c1. The Hall–Kier alpha value is -2.91. The van der Waals surface area contributed by atoms with Crippen molar-refractivity contribution in [1.29, 1.82) is 0 Å². The third-order valence-electron chi connectivity index (χ3n) is 3.93. The normalized spacial score (nSPS) is 12.7. The average molecular weight is 382 g/mol. The predicted octanol–water partition coefficient (Wildman–Crippen LogP) is 2.70. The van der Waals surface area contributed by atoms with Crippen LogP contribution in [-0.4, -0.2) is 46.2 Å². The monoisotopic (exact) mass is 382 g/mol. The van der Waals surface area contributed by atoms with E-state index in [1.807, 2.05) is 44.2 Å². The van der Waals surface area contributed by atoms with E-state index in [2.05, 4.69) is 25.3 Å². The van der Waals surface area contributed by atoms with Crippen LogP contribution in [0.2, 0.25) is 0 Å². The molecule has 0 unspecified atom stereocenters. The zero-order valence-corrected chi connectivity index (χ0v) is 15.7. The molecule has 4 rings (SSSR count). The molecule has 8 nitrogen and oxygen atoms in total. The van der Waals surface area contributed by atoms with Crippen molar-refractivity contribution in [2.75, 3.05) is 5.94 Å². The van der Waals surface area contributed by atoms with Gasteiger partial charge in [-0.15, -0.1) is 0 Å². The maximum atomic E-state index is 12.3. The van der Waals surface area contributed by atoms with Gasteiger partial charge in [-0.05, 0) is 32.0 Å². The number of fused-ring (bicyclic) bond motifs is 1. The summed E-state index contributed by atoms with van der Waals surface area (Å²) in [5, 5.41) is 12.0. The molecule has 138 valence electrons. The van der Waals surface area contributed by atoms with Crippen LogP contribution in [0, 0.1) is 0 Å². The molecule has 3 aromatic heterocycles. The molecule has 0 radical (unpaired) electrons. The van der Waals surface area contributed by atoms with Gasteiger partial charge in [0, 0.05) is 17.1 Å². The molecule has 0 amide bonds. The molecular weight excluding hydrogens is 364 g/mol. The number of rotatable bonds is 6. The third kappa shape index (κ3) is 3.64. The van der Waals surface area contributed by atoms with Crippen LogP contribution in [0.1, 0.15) is 13.8 Å². The molecule has 1 aromatic carbocycles. The Morgan fingerprint density at radius 2 is 2.11 bits per heavy atom. The smallest absolute Gasteiger partial charge is 0.162 e. The number of H-pyrrole nitrogens is 1. The molecule has 0 aliphatic carbocycles. The lowest BCUT2D eigenvalue weighted by molar-refractivity contribution is 0.118. The van der Waals surface area contributed by atoms with Gasteiger partial charge in [-0.2, -0.15) is 10.2 Å². The van der Waals surface area contributed by atoms with Gasteiger partial charge in [0.15, 0.2) is 11.5 Å². The van der Waals surface area contributed by atoms with Crippen LogP contribution in [0.15, 0.2) is 53.9 Å². The van der Waals surface area contributed by atoms with Gasteiger partial charge >= 0.3 is 0 Å². The van der Waals surface area contributed by atoms with Gasteiger partial charge in [-0.3, -0.25) is 9.31 Å². The van der Waals surface area contributed by atoms with Crippen LogP contribution in [0.5, 0.6) is 0 Å². The summed E-state index contributed by atoms with van der Waals surface area (Å²) in [6, 6.07) is 9.60. The fourth-order valence-electron chi connectivity index (χ4n) is 2.61. The molecule has 0 aliphatic rings. The summed E-state index contributed by atoms with van der Waals surface area (Å²) in [5.74, 6) is 0.835. The number of hydrogen-bond acceptors (Lipinski definition) is 6. The molecule has 0 bridgehead atoms.